The van der Waals surface area contributed by atoms with E-state index in [1.807, 2.05) is 0 Å². The lowest BCUT2D eigenvalue weighted by molar-refractivity contribution is -0.137. The lowest BCUT2D eigenvalue weighted by atomic mass is 10.1. The first-order valence-electron chi connectivity index (χ1n) is 7.09. The van der Waals surface area contributed by atoms with Gasteiger partial charge in [0, 0.05) is 6.54 Å². The fourth-order valence-electron chi connectivity index (χ4n) is 2.13. The minimum absolute atomic E-state index is 0.0601. The summed E-state index contributed by atoms with van der Waals surface area (Å²) in [7, 11) is 1.37. The maximum absolute atomic E-state index is 13.2. The first-order valence-corrected chi connectivity index (χ1v) is 7.09. The van der Waals surface area contributed by atoms with E-state index in [4.69, 9.17) is 4.74 Å². The van der Waals surface area contributed by atoms with Gasteiger partial charge in [-0.1, -0.05) is 12.1 Å². The minimum atomic E-state index is -4.37. The number of carbonyl (C=O) groups is 1. The lowest BCUT2D eigenvalue weighted by Crippen LogP contribution is -2.26. The molecule has 2 aromatic carbocycles. The third-order valence-corrected chi connectivity index (χ3v) is 3.39. The van der Waals surface area contributed by atoms with Crippen molar-refractivity contribution in [2.24, 2.45) is 0 Å². The van der Waals surface area contributed by atoms with Crippen molar-refractivity contribution in [2.45, 2.75) is 12.6 Å². The maximum Gasteiger partial charge on any atom is 0.416 e. The van der Waals surface area contributed by atoms with Gasteiger partial charge < -0.3 is 10.1 Å². The lowest BCUT2D eigenvalue weighted by Gasteiger charge is -2.10. The number of amides is 1. The molecule has 0 atom stereocenters. The average molecular weight is 341 g/mol. The molecule has 0 radical (unpaired) electrons. The molecule has 0 unspecified atom stereocenters. The largest absolute Gasteiger partial charge is 0.496 e. The molecular formula is C17H15F4NO2. The number of benzene rings is 2. The molecule has 128 valence electrons. The Labute approximate surface area is 136 Å². The number of hydrogen-bond donors (Lipinski definition) is 1. The zero-order chi connectivity index (χ0) is 17.7. The highest BCUT2D eigenvalue weighted by atomic mass is 19.4. The number of ether oxygens (including phenoxy) is 1. The van der Waals surface area contributed by atoms with Gasteiger partial charge >= 0.3 is 6.18 Å². The molecule has 2 aromatic rings. The Morgan fingerprint density at radius 2 is 1.79 bits per heavy atom. The molecule has 0 fully saturated rings. The summed E-state index contributed by atoms with van der Waals surface area (Å²) in [6.45, 7) is 0.198. The fraction of sp³-hybridized carbons (Fsp3) is 0.235. The third kappa shape index (κ3) is 4.47. The van der Waals surface area contributed by atoms with Crippen LogP contribution in [0.1, 0.15) is 21.5 Å². The van der Waals surface area contributed by atoms with Crippen LogP contribution < -0.4 is 10.1 Å². The van der Waals surface area contributed by atoms with Gasteiger partial charge in [0.2, 0.25) is 0 Å². The molecule has 0 saturated heterocycles. The van der Waals surface area contributed by atoms with E-state index in [0.717, 1.165) is 18.2 Å². The second-order valence-corrected chi connectivity index (χ2v) is 5.05. The molecular weight excluding hydrogens is 326 g/mol. The molecule has 0 saturated carbocycles. The summed E-state index contributed by atoms with van der Waals surface area (Å²) in [4.78, 5) is 12.0. The van der Waals surface area contributed by atoms with Gasteiger partial charge in [0.15, 0.2) is 0 Å². The van der Waals surface area contributed by atoms with Crippen molar-refractivity contribution < 1.29 is 27.1 Å². The molecule has 0 bridgehead atoms. The molecule has 1 N–H and O–H groups in total. The number of rotatable bonds is 5. The molecule has 24 heavy (non-hydrogen) atoms. The molecule has 0 aliphatic carbocycles. The number of methoxy groups -OCH3 is 1. The Morgan fingerprint density at radius 1 is 1.12 bits per heavy atom. The predicted octanol–water partition coefficient (Wildman–Crippen LogP) is 3.83. The number of alkyl halides is 3. The van der Waals surface area contributed by atoms with Crippen LogP contribution in [0, 0.1) is 5.82 Å². The van der Waals surface area contributed by atoms with Gasteiger partial charge in [-0.3, -0.25) is 4.79 Å². The molecule has 0 aliphatic rings. The Bertz CT molecular complexity index is 712. The molecule has 0 heterocycles. The summed E-state index contributed by atoms with van der Waals surface area (Å²) >= 11 is 0. The van der Waals surface area contributed by atoms with E-state index < -0.39 is 23.5 Å². The van der Waals surface area contributed by atoms with Gasteiger partial charge in [0.1, 0.15) is 11.6 Å². The highest BCUT2D eigenvalue weighted by molar-refractivity contribution is 5.96. The van der Waals surface area contributed by atoms with Crippen molar-refractivity contribution in [3.05, 3.63) is 65.0 Å². The molecule has 0 aromatic heterocycles. The minimum Gasteiger partial charge on any atom is -0.496 e. The second-order valence-electron chi connectivity index (χ2n) is 5.05. The highest BCUT2D eigenvalue weighted by Crippen LogP contribution is 2.29. The van der Waals surface area contributed by atoms with E-state index in [9.17, 15) is 22.4 Å². The smallest absolute Gasteiger partial charge is 0.416 e. The molecule has 1 amide bonds. The number of hydrogen-bond acceptors (Lipinski definition) is 2. The van der Waals surface area contributed by atoms with Crippen LogP contribution in [-0.2, 0) is 12.6 Å². The summed E-state index contributed by atoms with van der Waals surface area (Å²) in [5.41, 5.74) is -0.0146. The highest BCUT2D eigenvalue weighted by Gasteiger charge is 2.29. The Balaban J connectivity index is 1.94. The standard InChI is InChI=1S/C17H15F4NO2/c1-24-15-7-6-13(18)10-14(15)16(23)22-9-8-11-2-4-12(5-3-11)17(19,20)21/h2-7,10H,8-9H2,1H3,(H,22,23). The van der Waals surface area contributed by atoms with Crippen molar-refractivity contribution in [1.82, 2.24) is 5.32 Å². The van der Waals surface area contributed by atoms with Gasteiger partial charge in [-0.15, -0.1) is 0 Å². The van der Waals surface area contributed by atoms with Crippen LogP contribution in [0.2, 0.25) is 0 Å². The first kappa shape index (κ1) is 17.8. The van der Waals surface area contributed by atoms with Gasteiger partial charge in [0.25, 0.3) is 5.91 Å². The summed E-state index contributed by atoms with van der Waals surface area (Å²) in [6, 6.07) is 8.29. The Morgan fingerprint density at radius 3 is 2.38 bits per heavy atom. The molecule has 0 spiro atoms. The SMILES string of the molecule is COc1ccc(F)cc1C(=O)NCCc1ccc(C(F)(F)F)cc1. The quantitative estimate of drug-likeness (QED) is 0.840. The van der Waals surface area contributed by atoms with Gasteiger partial charge in [-0.25, -0.2) is 4.39 Å². The molecule has 0 aliphatic heterocycles. The zero-order valence-electron chi connectivity index (χ0n) is 12.8. The summed E-state index contributed by atoms with van der Waals surface area (Å²) in [5, 5.41) is 2.59. The van der Waals surface area contributed by atoms with E-state index in [-0.39, 0.29) is 17.9 Å². The van der Waals surface area contributed by atoms with Crippen LogP contribution in [0.15, 0.2) is 42.5 Å². The van der Waals surface area contributed by atoms with Gasteiger partial charge in [0.05, 0.1) is 18.2 Å². The van der Waals surface area contributed by atoms with Crippen LogP contribution in [-0.4, -0.2) is 19.6 Å². The van der Waals surface area contributed by atoms with E-state index >= 15 is 0 Å². The number of carbonyl (C=O) groups excluding carboxylic acids is 1. The third-order valence-electron chi connectivity index (χ3n) is 3.39. The summed E-state index contributed by atoms with van der Waals surface area (Å²) < 4.78 is 55.6. The van der Waals surface area contributed by atoms with Gasteiger partial charge in [-0.2, -0.15) is 13.2 Å². The van der Waals surface area contributed by atoms with Crippen LogP contribution in [0.4, 0.5) is 17.6 Å². The van der Waals surface area contributed by atoms with E-state index in [0.29, 0.717) is 12.0 Å². The predicted molar refractivity (Wildman–Crippen MR) is 80.4 cm³/mol. The van der Waals surface area contributed by atoms with Crippen molar-refractivity contribution >= 4 is 5.91 Å². The van der Waals surface area contributed by atoms with E-state index in [1.54, 1.807) is 0 Å². The topological polar surface area (TPSA) is 38.3 Å². The first-order chi connectivity index (χ1) is 11.3. The number of halogens is 4. The Hall–Kier alpha value is -2.57. The van der Waals surface area contributed by atoms with Crippen molar-refractivity contribution in [3.63, 3.8) is 0 Å². The molecule has 7 heteroatoms. The Kier molecular flexibility index (Phi) is 5.43. The fourth-order valence-corrected chi connectivity index (χ4v) is 2.13. The van der Waals surface area contributed by atoms with Crippen molar-refractivity contribution in [3.8, 4) is 5.75 Å². The normalized spacial score (nSPS) is 11.2. The maximum atomic E-state index is 13.2. The molecule has 3 nitrogen and oxygen atoms in total. The van der Waals surface area contributed by atoms with Crippen LogP contribution in [0.3, 0.4) is 0 Å². The zero-order valence-corrected chi connectivity index (χ0v) is 12.8. The van der Waals surface area contributed by atoms with Gasteiger partial charge in [-0.05, 0) is 42.3 Å². The molecule has 2 rings (SSSR count). The van der Waals surface area contributed by atoms with E-state index in [2.05, 4.69) is 5.32 Å². The second kappa shape index (κ2) is 7.33. The average Bonchev–Trinajstić information content (AvgIpc) is 2.54. The van der Waals surface area contributed by atoms with Crippen LogP contribution in [0.5, 0.6) is 5.75 Å². The van der Waals surface area contributed by atoms with Crippen molar-refractivity contribution in [1.29, 1.82) is 0 Å². The van der Waals surface area contributed by atoms with Crippen LogP contribution in [0.25, 0.3) is 0 Å². The monoisotopic (exact) mass is 341 g/mol. The van der Waals surface area contributed by atoms with E-state index in [1.165, 1.54) is 31.4 Å². The van der Waals surface area contributed by atoms with Crippen molar-refractivity contribution in [2.75, 3.05) is 13.7 Å². The number of nitrogens with one attached hydrogen (secondary N) is 1. The van der Waals surface area contributed by atoms with Crippen LogP contribution >= 0.6 is 0 Å². The summed E-state index contributed by atoms with van der Waals surface area (Å²) in [5.74, 6) is -0.842. The summed E-state index contributed by atoms with van der Waals surface area (Å²) in [6.07, 6.45) is -4.03.